The van der Waals surface area contributed by atoms with Gasteiger partial charge in [-0.15, -0.1) is 0 Å². The van der Waals surface area contributed by atoms with Crippen molar-refractivity contribution in [3.63, 3.8) is 0 Å². The number of hydrogen-bond donors (Lipinski definition) is 0. The largest absolute Gasteiger partial charge is 0.379 e. The maximum Gasteiger partial charge on any atom is 0.233 e. The van der Waals surface area contributed by atoms with Crippen LogP contribution in [-0.4, -0.2) is 61.1 Å². The summed E-state index contributed by atoms with van der Waals surface area (Å²) in [5, 5.41) is 0. The van der Waals surface area contributed by atoms with Gasteiger partial charge in [0.05, 0.1) is 18.6 Å². The van der Waals surface area contributed by atoms with E-state index < -0.39 is 0 Å². The van der Waals surface area contributed by atoms with Gasteiger partial charge in [-0.1, -0.05) is 43.2 Å². The van der Waals surface area contributed by atoms with Gasteiger partial charge in [-0.2, -0.15) is 0 Å². The van der Waals surface area contributed by atoms with E-state index in [1.54, 1.807) is 0 Å². The number of hydrogen-bond acceptors (Lipinski definition) is 3. The molecule has 25 heavy (non-hydrogen) atoms. The number of rotatable bonds is 4. The van der Waals surface area contributed by atoms with Crippen LogP contribution in [0.5, 0.6) is 0 Å². The third kappa shape index (κ3) is 3.61. The van der Waals surface area contributed by atoms with Crippen molar-refractivity contribution in [2.24, 2.45) is 0 Å². The monoisotopic (exact) mass is 342 g/mol. The predicted molar refractivity (Wildman–Crippen MR) is 98.6 cm³/mol. The van der Waals surface area contributed by atoms with E-state index in [1.807, 2.05) is 6.07 Å². The molecule has 3 aliphatic rings. The average Bonchev–Trinajstić information content (AvgIpc) is 3.48. The average molecular weight is 342 g/mol. The van der Waals surface area contributed by atoms with Gasteiger partial charge in [-0.05, 0) is 31.2 Å². The van der Waals surface area contributed by atoms with Gasteiger partial charge < -0.3 is 9.64 Å². The molecule has 0 N–H and O–H groups in total. The lowest BCUT2D eigenvalue weighted by atomic mass is 9.93. The minimum atomic E-state index is -0.227. The van der Waals surface area contributed by atoms with Crippen LogP contribution in [0.4, 0.5) is 0 Å². The molecular formula is C21H30N2O2. The Morgan fingerprint density at radius 3 is 2.52 bits per heavy atom. The van der Waals surface area contributed by atoms with E-state index in [1.165, 1.54) is 18.4 Å². The van der Waals surface area contributed by atoms with Crippen molar-refractivity contribution in [1.29, 1.82) is 0 Å². The summed E-state index contributed by atoms with van der Waals surface area (Å²) in [5.41, 5.74) is 0.990. The minimum absolute atomic E-state index is 0.227. The number of nitrogens with zero attached hydrogens (tertiary/aromatic N) is 2. The fourth-order valence-electron chi connectivity index (χ4n) is 4.50. The zero-order chi connectivity index (χ0) is 17.1. The van der Waals surface area contributed by atoms with Crippen molar-refractivity contribution in [2.45, 2.75) is 50.0 Å². The number of carbonyl (C=O) groups excluding carboxylic acids is 1. The second-order valence-corrected chi connectivity index (χ2v) is 7.86. The number of carbonyl (C=O) groups is 1. The smallest absolute Gasteiger partial charge is 0.233 e. The van der Waals surface area contributed by atoms with Gasteiger partial charge in [-0.25, -0.2) is 0 Å². The third-order valence-corrected chi connectivity index (χ3v) is 6.20. The molecule has 1 aromatic carbocycles. The summed E-state index contributed by atoms with van der Waals surface area (Å²) in [5.74, 6) is 0.388. The van der Waals surface area contributed by atoms with Crippen molar-refractivity contribution in [2.75, 3.05) is 39.4 Å². The van der Waals surface area contributed by atoms with Crippen LogP contribution < -0.4 is 0 Å². The lowest BCUT2D eigenvalue weighted by Gasteiger charge is -2.37. The van der Waals surface area contributed by atoms with E-state index in [0.29, 0.717) is 11.9 Å². The molecule has 136 valence electrons. The Bertz CT molecular complexity index is 579. The minimum Gasteiger partial charge on any atom is -0.379 e. The Balaban J connectivity index is 1.51. The van der Waals surface area contributed by atoms with Crippen LogP contribution in [0.25, 0.3) is 0 Å². The summed E-state index contributed by atoms with van der Waals surface area (Å²) in [7, 11) is 0. The quantitative estimate of drug-likeness (QED) is 0.843. The molecule has 4 heteroatoms. The zero-order valence-electron chi connectivity index (χ0n) is 15.2. The topological polar surface area (TPSA) is 32.8 Å². The van der Waals surface area contributed by atoms with Gasteiger partial charge in [-0.3, -0.25) is 9.69 Å². The van der Waals surface area contributed by atoms with E-state index in [2.05, 4.69) is 34.1 Å². The van der Waals surface area contributed by atoms with Gasteiger partial charge in [0.2, 0.25) is 5.91 Å². The molecule has 1 aromatic rings. The first kappa shape index (κ1) is 17.0. The normalized spacial score (nSPS) is 26.9. The molecule has 2 aliphatic heterocycles. The Morgan fingerprint density at radius 2 is 1.80 bits per heavy atom. The molecule has 4 nitrogen and oxygen atoms in total. The first-order valence-electron chi connectivity index (χ1n) is 9.96. The van der Waals surface area contributed by atoms with Crippen molar-refractivity contribution in [3.8, 4) is 0 Å². The SMILES string of the molecule is O=C(N1CCCCCC1CN1CCOCC1)C1(c2ccccc2)CC1. The molecule has 1 aliphatic carbocycles. The molecule has 1 unspecified atom stereocenters. The molecule has 0 aromatic heterocycles. The molecule has 0 spiro atoms. The lowest BCUT2D eigenvalue weighted by molar-refractivity contribution is -0.137. The van der Waals surface area contributed by atoms with E-state index in [9.17, 15) is 4.79 Å². The van der Waals surface area contributed by atoms with E-state index in [4.69, 9.17) is 4.74 Å². The molecule has 0 bridgehead atoms. The number of amides is 1. The highest BCUT2D eigenvalue weighted by molar-refractivity contribution is 5.91. The standard InChI is InChI=1S/C21H30N2O2/c24-20(21(10-11-21)18-7-3-1-4-8-18)23-12-6-2-5-9-19(23)17-22-13-15-25-16-14-22/h1,3-4,7-8,19H,2,5-6,9-17H2. The first-order chi connectivity index (χ1) is 12.3. The second-order valence-electron chi connectivity index (χ2n) is 7.86. The molecule has 2 saturated heterocycles. The molecular weight excluding hydrogens is 312 g/mol. The predicted octanol–water partition coefficient (Wildman–Crippen LogP) is 2.82. The van der Waals surface area contributed by atoms with Crippen LogP contribution >= 0.6 is 0 Å². The van der Waals surface area contributed by atoms with E-state index >= 15 is 0 Å². The highest BCUT2D eigenvalue weighted by Gasteiger charge is 2.53. The molecule has 1 saturated carbocycles. The summed E-state index contributed by atoms with van der Waals surface area (Å²) >= 11 is 0. The zero-order valence-corrected chi connectivity index (χ0v) is 15.2. The summed E-state index contributed by atoms with van der Waals surface area (Å²) in [4.78, 5) is 18.3. The van der Waals surface area contributed by atoms with E-state index in [0.717, 1.165) is 65.1 Å². The number of benzene rings is 1. The van der Waals surface area contributed by atoms with Gasteiger partial charge >= 0.3 is 0 Å². The Labute approximate surface area is 151 Å². The molecule has 3 fully saturated rings. The van der Waals surface area contributed by atoms with Crippen molar-refractivity contribution in [3.05, 3.63) is 35.9 Å². The number of likely N-dealkylation sites (tertiary alicyclic amines) is 1. The van der Waals surface area contributed by atoms with E-state index in [-0.39, 0.29) is 5.41 Å². The molecule has 1 amide bonds. The van der Waals surface area contributed by atoms with Gasteiger partial charge in [0.25, 0.3) is 0 Å². The van der Waals surface area contributed by atoms with Crippen molar-refractivity contribution < 1.29 is 9.53 Å². The molecule has 1 atom stereocenters. The van der Waals surface area contributed by atoms with Crippen LogP contribution in [0.3, 0.4) is 0 Å². The van der Waals surface area contributed by atoms with Crippen molar-refractivity contribution in [1.82, 2.24) is 9.80 Å². The molecule has 4 rings (SSSR count). The van der Waals surface area contributed by atoms with Crippen LogP contribution in [0, 0.1) is 0 Å². The second kappa shape index (κ2) is 7.46. The number of ether oxygens (including phenoxy) is 1. The number of morpholine rings is 1. The van der Waals surface area contributed by atoms with Crippen molar-refractivity contribution >= 4 is 5.91 Å². The highest BCUT2D eigenvalue weighted by Crippen LogP contribution is 2.50. The fraction of sp³-hybridized carbons (Fsp3) is 0.667. The van der Waals surface area contributed by atoms with Gasteiger partial charge in [0, 0.05) is 32.2 Å². The summed E-state index contributed by atoms with van der Waals surface area (Å²) in [6, 6.07) is 10.8. The first-order valence-corrected chi connectivity index (χ1v) is 9.96. The molecule has 2 heterocycles. The summed E-state index contributed by atoms with van der Waals surface area (Å²) < 4.78 is 5.49. The van der Waals surface area contributed by atoms with Crippen LogP contribution in [0.15, 0.2) is 30.3 Å². The fourth-order valence-corrected chi connectivity index (χ4v) is 4.50. The summed E-state index contributed by atoms with van der Waals surface area (Å²) in [6.45, 7) is 5.61. The Morgan fingerprint density at radius 1 is 1.04 bits per heavy atom. The maximum absolute atomic E-state index is 13.6. The van der Waals surface area contributed by atoms with Gasteiger partial charge in [0.15, 0.2) is 0 Å². The van der Waals surface area contributed by atoms with Crippen LogP contribution in [-0.2, 0) is 14.9 Å². The third-order valence-electron chi connectivity index (χ3n) is 6.20. The highest BCUT2D eigenvalue weighted by atomic mass is 16.5. The Kier molecular flexibility index (Phi) is 5.09. The maximum atomic E-state index is 13.6. The summed E-state index contributed by atoms with van der Waals surface area (Å²) in [6.07, 6.45) is 6.82. The van der Waals surface area contributed by atoms with Crippen LogP contribution in [0.1, 0.15) is 44.1 Å². The van der Waals surface area contributed by atoms with Crippen LogP contribution in [0.2, 0.25) is 0 Å². The Hall–Kier alpha value is -1.39. The molecule has 0 radical (unpaired) electrons. The van der Waals surface area contributed by atoms with Gasteiger partial charge in [0.1, 0.15) is 0 Å². The lowest BCUT2D eigenvalue weighted by Crippen LogP contribution is -2.51.